The van der Waals surface area contributed by atoms with Crippen LogP contribution in [0.15, 0.2) is 52.5 Å². The fraction of sp³-hybridized carbons (Fsp3) is 0.0588. The fourth-order valence-corrected chi connectivity index (χ4v) is 3.55. The summed E-state index contributed by atoms with van der Waals surface area (Å²) in [5.74, 6) is -0.164. The molecular formula is C17H12N2OS2. The predicted molar refractivity (Wildman–Crippen MR) is 90.0 cm³/mol. The third-order valence-electron chi connectivity index (χ3n) is 3.19. The van der Waals surface area contributed by atoms with Crippen molar-refractivity contribution in [2.24, 2.45) is 0 Å². The first kappa shape index (κ1) is 14.5. The molecule has 1 aromatic carbocycles. The molecule has 1 N–H and O–H groups in total. The molecule has 3 rings (SSSR count). The highest BCUT2D eigenvalue weighted by Crippen LogP contribution is 2.27. The maximum absolute atomic E-state index is 12.1. The van der Waals surface area contributed by atoms with Crippen molar-refractivity contribution in [3.8, 4) is 17.2 Å². The molecule has 0 spiro atoms. The Morgan fingerprint density at radius 2 is 2.09 bits per heavy atom. The molecule has 22 heavy (non-hydrogen) atoms. The lowest BCUT2D eigenvalue weighted by Crippen LogP contribution is -2.22. The van der Waals surface area contributed by atoms with Gasteiger partial charge < -0.3 is 5.32 Å². The van der Waals surface area contributed by atoms with Gasteiger partial charge in [-0.25, -0.2) is 0 Å². The second kappa shape index (κ2) is 6.56. The molecule has 3 aromatic rings. The van der Waals surface area contributed by atoms with Crippen LogP contribution in [-0.2, 0) is 6.54 Å². The zero-order valence-electron chi connectivity index (χ0n) is 11.6. The average molecular weight is 324 g/mol. The molecule has 0 unspecified atom stereocenters. The van der Waals surface area contributed by atoms with Crippen LogP contribution in [0, 0.1) is 11.3 Å². The SMILES string of the molecule is N#Cc1cccc(C(=O)NCc2cc(-c3ccsc3)cs2)c1. The van der Waals surface area contributed by atoms with E-state index in [4.69, 9.17) is 5.26 Å². The van der Waals surface area contributed by atoms with Crippen LogP contribution >= 0.6 is 22.7 Å². The summed E-state index contributed by atoms with van der Waals surface area (Å²) in [7, 11) is 0. The lowest BCUT2D eigenvalue weighted by molar-refractivity contribution is 0.0951. The van der Waals surface area contributed by atoms with Crippen LogP contribution < -0.4 is 5.32 Å². The van der Waals surface area contributed by atoms with Gasteiger partial charge in [-0.1, -0.05) is 6.07 Å². The van der Waals surface area contributed by atoms with Crippen molar-refractivity contribution >= 4 is 28.6 Å². The first-order valence-corrected chi connectivity index (χ1v) is 8.47. The van der Waals surface area contributed by atoms with Gasteiger partial charge in [0.2, 0.25) is 0 Å². The highest BCUT2D eigenvalue weighted by molar-refractivity contribution is 7.10. The number of carbonyl (C=O) groups excluding carboxylic acids is 1. The first-order chi connectivity index (χ1) is 10.8. The minimum Gasteiger partial charge on any atom is -0.347 e. The molecule has 2 aromatic heterocycles. The van der Waals surface area contributed by atoms with Gasteiger partial charge in [0.1, 0.15) is 0 Å². The Bertz CT molecular complexity index is 828. The maximum atomic E-state index is 12.1. The van der Waals surface area contributed by atoms with Crippen molar-refractivity contribution in [1.82, 2.24) is 5.32 Å². The van der Waals surface area contributed by atoms with Crippen LogP contribution in [0.4, 0.5) is 0 Å². The van der Waals surface area contributed by atoms with Gasteiger partial charge >= 0.3 is 0 Å². The number of nitriles is 1. The van der Waals surface area contributed by atoms with Gasteiger partial charge in [0.05, 0.1) is 18.2 Å². The van der Waals surface area contributed by atoms with Crippen LogP contribution in [0.1, 0.15) is 20.8 Å². The summed E-state index contributed by atoms with van der Waals surface area (Å²) >= 11 is 3.30. The highest BCUT2D eigenvalue weighted by atomic mass is 32.1. The van der Waals surface area contributed by atoms with Crippen LogP contribution in [0.3, 0.4) is 0 Å². The Balaban J connectivity index is 1.65. The summed E-state index contributed by atoms with van der Waals surface area (Å²) in [4.78, 5) is 13.2. The molecule has 0 atom stereocenters. The van der Waals surface area contributed by atoms with Gasteiger partial charge in [0.15, 0.2) is 0 Å². The van der Waals surface area contributed by atoms with Gasteiger partial charge in [0.25, 0.3) is 5.91 Å². The van der Waals surface area contributed by atoms with Gasteiger partial charge in [-0.3, -0.25) is 4.79 Å². The minimum absolute atomic E-state index is 0.164. The van der Waals surface area contributed by atoms with E-state index in [-0.39, 0.29) is 5.91 Å². The number of thiophene rings is 2. The summed E-state index contributed by atoms with van der Waals surface area (Å²) in [6.45, 7) is 0.490. The average Bonchev–Trinajstić information content (AvgIpc) is 3.23. The van der Waals surface area contributed by atoms with Crippen LogP contribution in [0.25, 0.3) is 11.1 Å². The van der Waals surface area contributed by atoms with E-state index in [1.165, 1.54) is 11.1 Å². The Kier molecular flexibility index (Phi) is 4.33. The number of hydrogen-bond donors (Lipinski definition) is 1. The van der Waals surface area contributed by atoms with E-state index in [2.05, 4.69) is 33.6 Å². The molecule has 0 fully saturated rings. The molecule has 3 nitrogen and oxygen atoms in total. The Morgan fingerprint density at radius 1 is 1.18 bits per heavy atom. The molecule has 0 saturated carbocycles. The van der Waals surface area contributed by atoms with E-state index in [0.717, 1.165) is 4.88 Å². The van der Waals surface area contributed by atoms with Crippen molar-refractivity contribution in [1.29, 1.82) is 5.26 Å². The molecule has 0 aliphatic carbocycles. The number of nitrogens with zero attached hydrogens (tertiary/aromatic N) is 1. The molecule has 1 amide bonds. The fourth-order valence-electron chi connectivity index (χ4n) is 2.05. The molecule has 0 aliphatic heterocycles. The predicted octanol–water partition coefficient (Wildman–Crippen LogP) is 4.28. The quantitative estimate of drug-likeness (QED) is 0.779. The Labute approximate surface area is 136 Å². The third-order valence-corrected chi connectivity index (χ3v) is 4.81. The van der Waals surface area contributed by atoms with Gasteiger partial charge in [-0.2, -0.15) is 16.6 Å². The van der Waals surface area contributed by atoms with Gasteiger partial charge in [0, 0.05) is 10.4 Å². The number of nitrogens with one attached hydrogen (secondary N) is 1. The molecule has 0 bridgehead atoms. The van der Waals surface area contributed by atoms with E-state index in [1.54, 1.807) is 46.9 Å². The number of amides is 1. The second-order valence-electron chi connectivity index (χ2n) is 4.69. The Hall–Kier alpha value is -2.42. The minimum atomic E-state index is -0.164. The molecule has 0 saturated heterocycles. The third kappa shape index (κ3) is 3.25. The monoisotopic (exact) mass is 324 g/mol. The van der Waals surface area contributed by atoms with E-state index in [9.17, 15) is 4.79 Å². The molecule has 108 valence electrons. The van der Waals surface area contributed by atoms with Crippen LogP contribution in [0.5, 0.6) is 0 Å². The van der Waals surface area contributed by atoms with E-state index in [0.29, 0.717) is 17.7 Å². The van der Waals surface area contributed by atoms with Crippen molar-refractivity contribution in [2.45, 2.75) is 6.54 Å². The van der Waals surface area contributed by atoms with Crippen molar-refractivity contribution in [2.75, 3.05) is 0 Å². The van der Waals surface area contributed by atoms with E-state index >= 15 is 0 Å². The summed E-state index contributed by atoms with van der Waals surface area (Å²) in [6.07, 6.45) is 0. The largest absolute Gasteiger partial charge is 0.347 e. The molecule has 0 aliphatic rings. The molecule has 0 radical (unpaired) electrons. The van der Waals surface area contributed by atoms with Crippen molar-refractivity contribution in [3.63, 3.8) is 0 Å². The smallest absolute Gasteiger partial charge is 0.251 e. The summed E-state index contributed by atoms with van der Waals surface area (Å²) < 4.78 is 0. The molecule has 5 heteroatoms. The number of rotatable bonds is 4. The number of carbonyl (C=O) groups is 1. The lowest BCUT2D eigenvalue weighted by Gasteiger charge is -2.03. The molecular weight excluding hydrogens is 312 g/mol. The second-order valence-corrected chi connectivity index (χ2v) is 6.46. The normalized spacial score (nSPS) is 10.1. The van der Waals surface area contributed by atoms with E-state index < -0.39 is 0 Å². The van der Waals surface area contributed by atoms with Gasteiger partial charge in [-0.05, 0) is 57.6 Å². The first-order valence-electron chi connectivity index (χ1n) is 6.64. The van der Waals surface area contributed by atoms with Gasteiger partial charge in [-0.15, -0.1) is 11.3 Å². The Morgan fingerprint density at radius 3 is 2.86 bits per heavy atom. The number of hydrogen-bond acceptors (Lipinski definition) is 4. The topological polar surface area (TPSA) is 52.9 Å². The highest BCUT2D eigenvalue weighted by Gasteiger charge is 2.08. The van der Waals surface area contributed by atoms with Crippen LogP contribution in [-0.4, -0.2) is 5.91 Å². The summed E-state index contributed by atoms with van der Waals surface area (Å²) in [5.41, 5.74) is 3.39. The zero-order chi connectivity index (χ0) is 15.4. The zero-order valence-corrected chi connectivity index (χ0v) is 13.2. The summed E-state index contributed by atoms with van der Waals surface area (Å²) in [6, 6.07) is 12.9. The standard InChI is InChI=1S/C17H12N2OS2/c18-8-12-2-1-3-13(6-12)17(20)19-9-16-7-15(11-22-16)14-4-5-21-10-14/h1-7,10-11H,9H2,(H,19,20). The van der Waals surface area contributed by atoms with Crippen molar-refractivity contribution in [3.05, 3.63) is 68.5 Å². The maximum Gasteiger partial charge on any atom is 0.251 e. The lowest BCUT2D eigenvalue weighted by atomic mass is 10.1. The summed E-state index contributed by atoms with van der Waals surface area (Å²) in [5, 5.41) is 18.0. The van der Waals surface area contributed by atoms with Crippen LogP contribution in [0.2, 0.25) is 0 Å². The van der Waals surface area contributed by atoms with Crippen molar-refractivity contribution < 1.29 is 4.79 Å². The number of benzene rings is 1. The van der Waals surface area contributed by atoms with E-state index in [1.807, 2.05) is 6.07 Å². The molecule has 2 heterocycles.